The largest absolute Gasteiger partial charge is 0.346 e. The molecule has 1 aliphatic carbocycles. The van der Waals surface area contributed by atoms with Crippen LogP contribution in [0.4, 0.5) is 10.1 Å². The summed E-state index contributed by atoms with van der Waals surface area (Å²) in [6.45, 7) is 2.88. The molecule has 0 fully saturated rings. The lowest BCUT2D eigenvalue weighted by Crippen LogP contribution is -2.43. The van der Waals surface area contributed by atoms with Crippen LogP contribution < -0.4 is 10.6 Å². The molecular weight excluding hydrogens is 301 g/mol. The Kier molecular flexibility index (Phi) is 4.74. The van der Waals surface area contributed by atoms with Gasteiger partial charge in [-0.15, -0.1) is 0 Å². The lowest BCUT2D eigenvalue weighted by atomic mass is 9.83. The molecular formula is C16H16FN3O3. The number of anilines is 1. The number of nitriles is 1. The molecule has 1 aromatic rings. The first-order valence-electron chi connectivity index (χ1n) is 7.15. The molecule has 2 N–H and O–H groups in total. The van der Waals surface area contributed by atoms with Crippen molar-refractivity contribution >= 4 is 23.3 Å². The van der Waals surface area contributed by atoms with Gasteiger partial charge in [0.15, 0.2) is 5.78 Å². The minimum Gasteiger partial charge on any atom is -0.346 e. The molecule has 0 heterocycles. The van der Waals surface area contributed by atoms with E-state index in [2.05, 4.69) is 10.6 Å². The summed E-state index contributed by atoms with van der Waals surface area (Å²) in [7, 11) is 0. The Morgan fingerprint density at radius 3 is 2.78 bits per heavy atom. The Hall–Kier alpha value is -2.75. The van der Waals surface area contributed by atoms with E-state index in [9.17, 15) is 18.8 Å². The van der Waals surface area contributed by atoms with Gasteiger partial charge in [-0.05, 0) is 37.0 Å². The van der Waals surface area contributed by atoms with Crippen molar-refractivity contribution in [2.75, 3.05) is 5.32 Å². The van der Waals surface area contributed by atoms with E-state index in [-0.39, 0.29) is 22.9 Å². The second-order valence-electron chi connectivity index (χ2n) is 5.42. The van der Waals surface area contributed by atoms with Gasteiger partial charge in [0.25, 0.3) is 0 Å². The monoisotopic (exact) mass is 317 g/mol. The van der Waals surface area contributed by atoms with Crippen LogP contribution in [-0.4, -0.2) is 23.6 Å². The minimum absolute atomic E-state index is 0.0448. The van der Waals surface area contributed by atoms with Crippen molar-refractivity contribution in [2.45, 2.75) is 39.2 Å². The Morgan fingerprint density at radius 2 is 2.17 bits per heavy atom. The van der Waals surface area contributed by atoms with Crippen LogP contribution in [0.5, 0.6) is 0 Å². The van der Waals surface area contributed by atoms with Gasteiger partial charge in [-0.25, -0.2) is 4.39 Å². The Morgan fingerprint density at radius 1 is 1.48 bits per heavy atom. The maximum Gasteiger partial charge on any atom is 0.238 e. The number of fused-ring (bicyclic) bond motifs is 1. The number of rotatable bonds is 3. The van der Waals surface area contributed by atoms with E-state index in [1.807, 2.05) is 0 Å². The maximum atomic E-state index is 14.0. The van der Waals surface area contributed by atoms with Crippen LogP contribution in [0.15, 0.2) is 6.07 Å². The number of carbonyl (C=O) groups excluding carboxylic acids is 3. The fourth-order valence-electron chi connectivity index (χ4n) is 2.74. The standard InChI is InChI=1S/C16H16FN3O3/c1-8-10-3-4-12(19-9(2)21)16(23)15(10)13(7-11(8)17)20-14(22)5-6-18/h7,12H,3-5H2,1-2H3,(H,19,21)(H,20,22). The number of halogens is 1. The first-order valence-corrected chi connectivity index (χ1v) is 7.15. The normalized spacial score (nSPS) is 16.3. The molecule has 0 radical (unpaired) electrons. The van der Waals surface area contributed by atoms with E-state index in [0.29, 0.717) is 24.0 Å². The number of carbonyl (C=O) groups is 3. The van der Waals surface area contributed by atoms with Crippen LogP contribution in [0.3, 0.4) is 0 Å². The zero-order chi connectivity index (χ0) is 17.1. The first kappa shape index (κ1) is 16.6. The van der Waals surface area contributed by atoms with E-state index in [1.165, 1.54) is 6.92 Å². The van der Waals surface area contributed by atoms with Crippen LogP contribution in [0, 0.1) is 24.1 Å². The lowest BCUT2D eigenvalue weighted by Gasteiger charge is -2.27. The molecule has 0 spiro atoms. The van der Waals surface area contributed by atoms with Crippen LogP contribution in [0.25, 0.3) is 0 Å². The van der Waals surface area contributed by atoms with Gasteiger partial charge in [0, 0.05) is 12.5 Å². The highest BCUT2D eigenvalue weighted by Gasteiger charge is 2.32. The molecule has 0 aromatic heterocycles. The number of hydrogen-bond acceptors (Lipinski definition) is 4. The summed E-state index contributed by atoms with van der Waals surface area (Å²) in [5.74, 6) is -1.84. The van der Waals surface area contributed by atoms with Gasteiger partial charge in [-0.3, -0.25) is 14.4 Å². The van der Waals surface area contributed by atoms with Crippen molar-refractivity contribution in [3.63, 3.8) is 0 Å². The fraction of sp³-hybridized carbons (Fsp3) is 0.375. The molecule has 1 unspecified atom stereocenters. The molecule has 2 rings (SSSR count). The number of ketones is 1. The van der Waals surface area contributed by atoms with Crippen molar-refractivity contribution in [1.82, 2.24) is 5.32 Å². The van der Waals surface area contributed by atoms with Gasteiger partial charge in [0.2, 0.25) is 11.8 Å². The van der Waals surface area contributed by atoms with E-state index in [0.717, 1.165) is 6.07 Å². The van der Waals surface area contributed by atoms with Crippen LogP contribution in [0.2, 0.25) is 0 Å². The van der Waals surface area contributed by atoms with E-state index in [4.69, 9.17) is 5.26 Å². The molecule has 120 valence electrons. The van der Waals surface area contributed by atoms with Crippen LogP contribution >= 0.6 is 0 Å². The van der Waals surface area contributed by atoms with Gasteiger partial charge < -0.3 is 10.6 Å². The predicted octanol–water partition coefficient (Wildman–Crippen LogP) is 1.62. The van der Waals surface area contributed by atoms with Gasteiger partial charge in [-0.1, -0.05) is 0 Å². The highest BCUT2D eigenvalue weighted by molar-refractivity contribution is 6.10. The fourth-order valence-corrected chi connectivity index (χ4v) is 2.74. The maximum absolute atomic E-state index is 14.0. The number of nitrogens with zero attached hydrogens (tertiary/aromatic N) is 1. The Labute approximate surface area is 132 Å². The summed E-state index contributed by atoms with van der Waals surface area (Å²) < 4.78 is 14.0. The molecule has 0 saturated carbocycles. The van der Waals surface area contributed by atoms with E-state index >= 15 is 0 Å². The zero-order valence-electron chi connectivity index (χ0n) is 12.8. The summed E-state index contributed by atoms with van der Waals surface area (Å²) >= 11 is 0. The van der Waals surface area contributed by atoms with Crippen LogP contribution in [-0.2, 0) is 16.0 Å². The quantitative estimate of drug-likeness (QED) is 0.885. The summed E-state index contributed by atoms with van der Waals surface area (Å²) in [4.78, 5) is 35.5. The molecule has 0 bridgehead atoms. The smallest absolute Gasteiger partial charge is 0.238 e. The molecule has 0 aliphatic heterocycles. The van der Waals surface area contributed by atoms with Crippen molar-refractivity contribution < 1.29 is 18.8 Å². The van der Waals surface area contributed by atoms with E-state index in [1.54, 1.807) is 13.0 Å². The molecule has 1 aliphatic rings. The zero-order valence-corrected chi connectivity index (χ0v) is 12.8. The highest BCUT2D eigenvalue weighted by atomic mass is 19.1. The molecule has 23 heavy (non-hydrogen) atoms. The average Bonchev–Trinajstić information content (AvgIpc) is 2.46. The second kappa shape index (κ2) is 6.57. The lowest BCUT2D eigenvalue weighted by molar-refractivity contribution is -0.119. The SMILES string of the molecule is CC(=O)NC1CCc2c(C)c(F)cc(NC(=O)CC#N)c2C1=O. The third-order valence-electron chi connectivity index (χ3n) is 3.79. The third-order valence-corrected chi connectivity index (χ3v) is 3.79. The topological polar surface area (TPSA) is 99.1 Å². The number of nitrogens with one attached hydrogen (secondary N) is 2. The molecule has 1 aromatic carbocycles. The van der Waals surface area contributed by atoms with Crippen molar-refractivity contribution in [1.29, 1.82) is 5.26 Å². The summed E-state index contributed by atoms with van der Waals surface area (Å²) in [5, 5.41) is 13.5. The van der Waals surface area contributed by atoms with Crippen molar-refractivity contribution in [3.8, 4) is 6.07 Å². The van der Waals surface area contributed by atoms with Gasteiger partial charge in [0.1, 0.15) is 12.2 Å². The average molecular weight is 317 g/mol. The molecule has 7 heteroatoms. The highest BCUT2D eigenvalue weighted by Crippen LogP contribution is 2.32. The van der Waals surface area contributed by atoms with Crippen molar-refractivity contribution in [3.05, 3.63) is 28.6 Å². The Bertz CT molecular complexity index is 737. The van der Waals surface area contributed by atoms with Gasteiger partial charge in [0.05, 0.1) is 17.8 Å². The predicted molar refractivity (Wildman–Crippen MR) is 80.3 cm³/mol. The second-order valence-corrected chi connectivity index (χ2v) is 5.42. The summed E-state index contributed by atoms with van der Waals surface area (Å²) in [5.41, 5.74) is 1.14. The number of hydrogen-bond donors (Lipinski definition) is 2. The number of amides is 2. The molecule has 0 saturated heterocycles. The molecule has 1 atom stereocenters. The number of benzene rings is 1. The minimum atomic E-state index is -0.698. The summed E-state index contributed by atoms with van der Waals surface area (Å²) in [6.07, 6.45) is 0.394. The Balaban J connectivity index is 2.48. The molecule has 6 nitrogen and oxygen atoms in total. The van der Waals surface area contributed by atoms with E-state index < -0.39 is 24.2 Å². The summed E-state index contributed by atoms with van der Waals surface area (Å²) in [6, 6.07) is 2.08. The van der Waals surface area contributed by atoms with Gasteiger partial charge >= 0.3 is 0 Å². The van der Waals surface area contributed by atoms with Gasteiger partial charge in [-0.2, -0.15) is 5.26 Å². The molecule has 2 amide bonds. The number of Topliss-reactive ketones (excluding diaryl/α,β-unsaturated/α-hetero) is 1. The first-order chi connectivity index (χ1) is 10.8. The third kappa shape index (κ3) is 3.37. The van der Waals surface area contributed by atoms with Crippen molar-refractivity contribution in [2.24, 2.45) is 0 Å². The van der Waals surface area contributed by atoms with Crippen LogP contribution in [0.1, 0.15) is 41.3 Å².